The largest absolute Gasteiger partial charge is 0.350 e. The number of rotatable bonds is 5. The van der Waals surface area contributed by atoms with E-state index in [-0.39, 0.29) is 17.7 Å². The molecule has 2 aromatic rings. The van der Waals surface area contributed by atoms with Gasteiger partial charge in [-0.05, 0) is 35.9 Å². The Bertz CT molecular complexity index is 815. The molecule has 3 amide bonds. The van der Waals surface area contributed by atoms with E-state index in [9.17, 15) is 14.4 Å². The zero-order valence-electron chi connectivity index (χ0n) is 13.9. The third-order valence-electron chi connectivity index (χ3n) is 4.01. The van der Waals surface area contributed by atoms with Gasteiger partial charge in [0.1, 0.15) is 0 Å². The molecule has 3 rings (SSSR count). The summed E-state index contributed by atoms with van der Waals surface area (Å²) in [5.74, 6) is -0.322. The molecule has 6 nitrogen and oxygen atoms in total. The van der Waals surface area contributed by atoms with Crippen LogP contribution in [-0.4, -0.2) is 30.8 Å². The van der Waals surface area contributed by atoms with Crippen molar-refractivity contribution in [3.63, 3.8) is 0 Å². The summed E-state index contributed by atoms with van der Waals surface area (Å²) < 4.78 is 0. The van der Waals surface area contributed by atoms with Crippen molar-refractivity contribution in [2.45, 2.75) is 13.3 Å². The Balaban J connectivity index is 1.54. The van der Waals surface area contributed by atoms with E-state index in [4.69, 9.17) is 0 Å². The summed E-state index contributed by atoms with van der Waals surface area (Å²) in [6.45, 7) is 2.23. The Morgan fingerprint density at radius 2 is 1.80 bits per heavy atom. The lowest BCUT2D eigenvalue weighted by Gasteiger charge is -2.17. The number of carbonyl (C=O) groups excluding carboxylic acids is 3. The van der Waals surface area contributed by atoms with Crippen molar-refractivity contribution in [1.29, 1.82) is 0 Å². The van der Waals surface area contributed by atoms with Crippen LogP contribution in [0.2, 0.25) is 0 Å². The predicted octanol–water partition coefficient (Wildman–Crippen LogP) is 1.96. The van der Waals surface area contributed by atoms with E-state index in [1.54, 1.807) is 29.2 Å². The molecule has 25 heavy (non-hydrogen) atoms. The van der Waals surface area contributed by atoms with Crippen molar-refractivity contribution in [2.75, 3.05) is 23.3 Å². The first-order valence-corrected chi connectivity index (χ1v) is 8.09. The van der Waals surface area contributed by atoms with Gasteiger partial charge in [-0.1, -0.05) is 18.2 Å². The van der Waals surface area contributed by atoms with Crippen LogP contribution in [0.25, 0.3) is 0 Å². The second kappa shape index (κ2) is 7.17. The third-order valence-corrected chi connectivity index (χ3v) is 4.01. The number of amides is 3. The van der Waals surface area contributed by atoms with E-state index in [1.807, 2.05) is 24.3 Å². The zero-order chi connectivity index (χ0) is 17.8. The molecule has 0 radical (unpaired) electrons. The maximum atomic E-state index is 12.2. The number of nitrogens with one attached hydrogen (secondary N) is 2. The van der Waals surface area contributed by atoms with Crippen molar-refractivity contribution in [3.8, 4) is 0 Å². The molecule has 128 valence electrons. The zero-order valence-corrected chi connectivity index (χ0v) is 13.9. The van der Waals surface area contributed by atoms with Gasteiger partial charge in [0, 0.05) is 37.0 Å². The number of fused-ring (bicyclic) bond motifs is 1. The van der Waals surface area contributed by atoms with Crippen LogP contribution in [0.15, 0.2) is 48.5 Å². The van der Waals surface area contributed by atoms with Gasteiger partial charge in [-0.15, -0.1) is 0 Å². The number of para-hydroxylation sites is 1. The fourth-order valence-electron chi connectivity index (χ4n) is 2.85. The maximum Gasteiger partial charge on any atom is 0.251 e. The topological polar surface area (TPSA) is 78.5 Å². The highest BCUT2D eigenvalue weighted by Gasteiger charge is 2.26. The van der Waals surface area contributed by atoms with Crippen LogP contribution in [0.3, 0.4) is 0 Å². The molecular formula is C19H19N3O3. The summed E-state index contributed by atoms with van der Waals surface area (Å²) in [5.41, 5.74) is 3.08. The lowest BCUT2D eigenvalue weighted by Crippen LogP contribution is -2.36. The molecule has 0 spiro atoms. The summed E-state index contributed by atoms with van der Waals surface area (Å²) in [6, 6.07) is 14.3. The number of anilines is 2. The Kier molecular flexibility index (Phi) is 4.79. The first kappa shape index (κ1) is 16.7. The maximum absolute atomic E-state index is 12.2. The Morgan fingerprint density at radius 1 is 1.08 bits per heavy atom. The van der Waals surface area contributed by atoms with Crippen molar-refractivity contribution >= 4 is 29.1 Å². The van der Waals surface area contributed by atoms with Crippen LogP contribution in [0.4, 0.5) is 11.4 Å². The number of nitrogens with zero attached hydrogens (tertiary/aromatic N) is 1. The molecule has 1 heterocycles. The lowest BCUT2D eigenvalue weighted by molar-refractivity contribution is -0.117. The third kappa shape index (κ3) is 3.85. The molecule has 0 atom stereocenters. The average molecular weight is 337 g/mol. The Labute approximate surface area is 145 Å². The molecule has 0 fully saturated rings. The van der Waals surface area contributed by atoms with Crippen LogP contribution in [0.5, 0.6) is 0 Å². The summed E-state index contributed by atoms with van der Waals surface area (Å²) >= 11 is 0. The minimum Gasteiger partial charge on any atom is -0.350 e. The molecule has 2 N–H and O–H groups in total. The minimum absolute atomic E-state index is 0.0510. The molecular weight excluding hydrogens is 318 g/mol. The van der Waals surface area contributed by atoms with E-state index < -0.39 is 0 Å². The van der Waals surface area contributed by atoms with Crippen molar-refractivity contribution < 1.29 is 14.4 Å². The normalized spacial score (nSPS) is 12.7. The average Bonchev–Trinajstić information content (AvgIpc) is 2.90. The van der Waals surface area contributed by atoms with Gasteiger partial charge in [-0.25, -0.2) is 0 Å². The molecule has 1 aliphatic heterocycles. The lowest BCUT2D eigenvalue weighted by atomic mass is 10.2. The van der Waals surface area contributed by atoms with Crippen molar-refractivity contribution in [2.24, 2.45) is 0 Å². The first-order valence-electron chi connectivity index (χ1n) is 8.09. The molecule has 0 aliphatic carbocycles. The molecule has 0 saturated carbocycles. The molecule has 6 heteroatoms. The van der Waals surface area contributed by atoms with Crippen LogP contribution in [-0.2, 0) is 16.0 Å². The van der Waals surface area contributed by atoms with E-state index in [2.05, 4.69) is 10.6 Å². The number of benzene rings is 2. The molecule has 0 bridgehead atoms. The van der Waals surface area contributed by atoms with E-state index in [0.717, 1.165) is 11.3 Å². The van der Waals surface area contributed by atoms with Gasteiger partial charge in [0.15, 0.2) is 0 Å². The standard InChI is InChI=1S/C19H19N3O3/c1-13(23)21-16-8-6-14(7-9-16)19(25)20-10-11-22-17-5-3-2-4-15(17)12-18(22)24/h2-9H,10-12H2,1H3,(H,20,25)(H,21,23). The Morgan fingerprint density at radius 3 is 2.52 bits per heavy atom. The second-order valence-corrected chi connectivity index (χ2v) is 5.87. The summed E-state index contributed by atoms with van der Waals surface area (Å²) in [6.07, 6.45) is 0.411. The van der Waals surface area contributed by atoms with Gasteiger partial charge in [-0.2, -0.15) is 0 Å². The van der Waals surface area contributed by atoms with Gasteiger partial charge >= 0.3 is 0 Å². The summed E-state index contributed by atoms with van der Waals surface area (Å²) in [4.78, 5) is 37.0. The minimum atomic E-state index is -0.214. The number of hydrogen-bond acceptors (Lipinski definition) is 3. The van der Waals surface area contributed by atoms with E-state index in [1.165, 1.54) is 6.92 Å². The van der Waals surface area contributed by atoms with E-state index in [0.29, 0.717) is 30.8 Å². The second-order valence-electron chi connectivity index (χ2n) is 5.87. The molecule has 0 unspecified atom stereocenters. The quantitative estimate of drug-likeness (QED) is 0.875. The number of hydrogen-bond donors (Lipinski definition) is 2. The van der Waals surface area contributed by atoms with Crippen molar-refractivity contribution in [3.05, 3.63) is 59.7 Å². The van der Waals surface area contributed by atoms with Crippen LogP contribution in [0, 0.1) is 0 Å². The highest BCUT2D eigenvalue weighted by Crippen LogP contribution is 2.27. The molecule has 0 aromatic heterocycles. The fraction of sp³-hybridized carbons (Fsp3) is 0.211. The van der Waals surface area contributed by atoms with Gasteiger partial charge in [0.2, 0.25) is 11.8 Å². The van der Waals surface area contributed by atoms with Crippen LogP contribution in [0.1, 0.15) is 22.8 Å². The fourth-order valence-corrected chi connectivity index (χ4v) is 2.85. The first-order chi connectivity index (χ1) is 12.0. The monoisotopic (exact) mass is 337 g/mol. The van der Waals surface area contributed by atoms with Crippen LogP contribution >= 0.6 is 0 Å². The van der Waals surface area contributed by atoms with Gasteiger partial charge in [0.05, 0.1) is 6.42 Å². The molecule has 1 aliphatic rings. The van der Waals surface area contributed by atoms with Gasteiger partial charge in [-0.3, -0.25) is 14.4 Å². The molecule has 0 saturated heterocycles. The van der Waals surface area contributed by atoms with Crippen molar-refractivity contribution in [1.82, 2.24) is 5.32 Å². The summed E-state index contributed by atoms with van der Waals surface area (Å²) in [7, 11) is 0. The molecule has 2 aromatic carbocycles. The highest BCUT2D eigenvalue weighted by molar-refractivity contribution is 6.01. The van der Waals surface area contributed by atoms with Gasteiger partial charge < -0.3 is 15.5 Å². The van der Waals surface area contributed by atoms with E-state index >= 15 is 0 Å². The van der Waals surface area contributed by atoms with Crippen LogP contribution < -0.4 is 15.5 Å². The number of carbonyl (C=O) groups is 3. The SMILES string of the molecule is CC(=O)Nc1ccc(C(=O)NCCN2C(=O)Cc3ccccc32)cc1. The van der Waals surface area contributed by atoms with Gasteiger partial charge in [0.25, 0.3) is 5.91 Å². The highest BCUT2D eigenvalue weighted by atomic mass is 16.2. The smallest absolute Gasteiger partial charge is 0.251 e. The predicted molar refractivity (Wildman–Crippen MR) is 95.6 cm³/mol. The Hall–Kier alpha value is -3.15. The summed E-state index contributed by atoms with van der Waals surface area (Å²) in [5, 5.41) is 5.47.